The van der Waals surface area contributed by atoms with Crippen LogP contribution in [-0.4, -0.2) is 55.1 Å². The molecule has 6 nitrogen and oxygen atoms in total. The smallest absolute Gasteiger partial charge is 0.308 e. The molecule has 22 heavy (non-hydrogen) atoms. The Balaban J connectivity index is 1.95. The van der Waals surface area contributed by atoms with Gasteiger partial charge in [-0.2, -0.15) is 0 Å². The molecule has 122 valence electrons. The first-order valence-electron chi connectivity index (χ1n) is 7.69. The van der Waals surface area contributed by atoms with Crippen LogP contribution in [0.2, 0.25) is 0 Å². The number of carbonyl (C=O) groups excluding carboxylic acids is 1. The lowest BCUT2D eigenvalue weighted by molar-refractivity contribution is -0.147. The maximum absolute atomic E-state index is 11.3. The normalized spacial score (nSPS) is 17.9. The van der Waals surface area contributed by atoms with Gasteiger partial charge in [0.2, 0.25) is 0 Å². The molecule has 0 saturated carbocycles. The molecule has 6 heteroatoms. The minimum Gasteiger partial charge on any atom is -0.466 e. The van der Waals surface area contributed by atoms with E-state index in [1.165, 1.54) is 0 Å². The molecule has 1 fully saturated rings. The number of hydrogen-bond donors (Lipinski definition) is 3. The van der Waals surface area contributed by atoms with Crippen molar-refractivity contribution in [3.63, 3.8) is 0 Å². The maximum atomic E-state index is 11.3. The van der Waals surface area contributed by atoms with Crippen LogP contribution in [0.5, 0.6) is 0 Å². The molecule has 2 unspecified atom stereocenters. The van der Waals surface area contributed by atoms with Gasteiger partial charge in [-0.3, -0.25) is 4.79 Å². The zero-order chi connectivity index (χ0) is 15.9. The molecule has 1 heterocycles. The standard InChI is InChI=1S/C16H24N2O4/c1-2-22-15(20)11-14(19)16(21)12-3-5-13(6-4-12)18-9-7-17-8-10-18/h3-6,14,16-17,19,21H,2,7-11H2,1H3. The van der Waals surface area contributed by atoms with Crippen molar-refractivity contribution in [1.29, 1.82) is 0 Å². The molecule has 0 bridgehead atoms. The summed E-state index contributed by atoms with van der Waals surface area (Å²) in [6.07, 6.45) is -2.47. The first kappa shape index (κ1) is 16.7. The highest BCUT2D eigenvalue weighted by Crippen LogP contribution is 2.23. The summed E-state index contributed by atoms with van der Waals surface area (Å²) in [4.78, 5) is 13.6. The molecule has 0 aliphatic carbocycles. The van der Waals surface area contributed by atoms with Gasteiger partial charge in [0.05, 0.1) is 19.1 Å². The van der Waals surface area contributed by atoms with Crippen LogP contribution in [0.25, 0.3) is 0 Å². The van der Waals surface area contributed by atoms with Gasteiger partial charge >= 0.3 is 5.97 Å². The summed E-state index contributed by atoms with van der Waals surface area (Å²) in [5.74, 6) is -0.508. The molecule has 1 aliphatic heterocycles. The van der Waals surface area contributed by atoms with Crippen LogP contribution in [0.3, 0.4) is 0 Å². The second-order valence-electron chi connectivity index (χ2n) is 5.35. The summed E-state index contributed by atoms with van der Waals surface area (Å²) < 4.78 is 4.77. The number of benzene rings is 1. The number of carbonyl (C=O) groups is 1. The van der Waals surface area contributed by atoms with Gasteiger partial charge in [-0.25, -0.2) is 0 Å². The Labute approximate surface area is 130 Å². The second kappa shape index (κ2) is 8.12. The summed E-state index contributed by atoms with van der Waals surface area (Å²) in [5, 5.41) is 23.3. The summed E-state index contributed by atoms with van der Waals surface area (Å²) in [7, 11) is 0. The first-order valence-corrected chi connectivity index (χ1v) is 7.69. The van der Waals surface area contributed by atoms with Gasteiger partial charge in [0.15, 0.2) is 0 Å². The molecule has 1 aromatic rings. The Morgan fingerprint density at radius 1 is 1.27 bits per heavy atom. The Kier molecular flexibility index (Phi) is 6.18. The number of ether oxygens (including phenoxy) is 1. The number of nitrogens with zero attached hydrogens (tertiary/aromatic N) is 1. The van der Waals surface area contributed by atoms with Gasteiger partial charge in [0, 0.05) is 31.9 Å². The van der Waals surface area contributed by atoms with Crippen LogP contribution in [-0.2, 0) is 9.53 Å². The van der Waals surface area contributed by atoms with Crippen LogP contribution in [0.1, 0.15) is 25.0 Å². The van der Waals surface area contributed by atoms with Crippen LogP contribution >= 0.6 is 0 Å². The molecule has 2 atom stereocenters. The summed E-state index contributed by atoms with van der Waals surface area (Å²) in [6, 6.07) is 7.44. The molecule has 1 aromatic carbocycles. The molecule has 1 aliphatic rings. The SMILES string of the molecule is CCOC(=O)CC(O)C(O)c1ccc(N2CCNCC2)cc1. The topological polar surface area (TPSA) is 82.0 Å². The number of nitrogens with one attached hydrogen (secondary N) is 1. The van der Waals surface area contributed by atoms with Gasteiger partial charge in [0.25, 0.3) is 0 Å². The number of piperazine rings is 1. The molecular formula is C16H24N2O4. The van der Waals surface area contributed by atoms with Crippen LogP contribution in [0.4, 0.5) is 5.69 Å². The van der Waals surface area contributed by atoms with E-state index >= 15 is 0 Å². The van der Waals surface area contributed by atoms with Gasteiger partial charge < -0.3 is 25.2 Å². The van der Waals surface area contributed by atoms with Gasteiger partial charge in [0.1, 0.15) is 6.10 Å². The zero-order valence-corrected chi connectivity index (χ0v) is 12.9. The van der Waals surface area contributed by atoms with Crippen molar-refractivity contribution in [2.45, 2.75) is 25.6 Å². The van der Waals surface area contributed by atoms with E-state index in [9.17, 15) is 15.0 Å². The van der Waals surface area contributed by atoms with E-state index in [0.717, 1.165) is 31.9 Å². The molecule has 2 rings (SSSR count). The Hall–Kier alpha value is -1.63. The van der Waals surface area contributed by atoms with E-state index in [-0.39, 0.29) is 13.0 Å². The van der Waals surface area contributed by atoms with Crippen molar-refractivity contribution in [3.05, 3.63) is 29.8 Å². The third kappa shape index (κ3) is 4.43. The summed E-state index contributed by atoms with van der Waals surface area (Å²) in [5.41, 5.74) is 1.69. The highest BCUT2D eigenvalue weighted by Gasteiger charge is 2.22. The third-order valence-electron chi connectivity index (χ3n) is 3.76. The molecule has 0 aromatic heterocycles. The summed E-state index contributed by atoms with van der Waals surface area (Å²) in [6.45, 7) is 5.79. The van der Waals surface area contributed by atoms with Crippen molar-refractivity contribution in [1.82, 2.24) is 5.32 Å². The van der Waals surface area contributed by atoms with Crippen molar-refractivity contribution in [2.24, 2.45) is 0 Å². The lowest BCUT2D eigenvalue weighted by Gasteiger charge is -2.29. The van der Waals surface area contributed by atoms with E-state index in [0.29, 0.717) is 5.56 Å². The minimum atomic E-state index is -1.16. The third-order valence-corrected chi connectivity index (χ3v) is 3.76. The Morgan fingerprint density at radius 2 is 1.91 bits per heavy atom. The molecule has 0 radical (unpaired) electrons. The van der Waals surface area contributed by atoms with Crippen molar-refractivity contribution in [3.8, 4) is 0 Å². The number of rotatable bonds is 6. The average Bonchev–Trinajstić information content (AvgIpc) is 2.55. The van der Waals surface area contributed by atoms with E-state index in [1.807, 2.05) is 12.1 Å². The zero-order valence-electron chi connectivity index (χ0n) is 12.9. The maximum Gasteiger partial charge on any atom is 0.308 e. The quantitative estimate of drug-likeness (QED) is 0.662. The molecule has 0 amide bonds. The van der Waals surface area contributed by atoms with Crippen LogP contribution in [0, 0.1) is 0 Å². The van der Waals surface area contributed by atoms with Crippen molar-refractivity contribution >= 4 is 11.7 Å². The number of aliphatic hydroxyl groups is 2. The van der Waals surface area contributed by atoms with Gasteiger partial charge in [-0.1, -0.05) is 12.1 Å². The largest absolute Gasteiger partial charge is 0.466 e. The van der Waals surface area contributed by atoms with E-state index < -0.39 is 18.2 Å². The van der Waals surface area contributed by atoms with Crippen molar-refractivity contribution in [2.75, 3.05) is 37.7 Å². The highest BCUT2D eigenvalue weighted by molar-refractivity contribution is 5.70. The number of hydrogen-bond acceptors (Lipinski definition) is 6. The minimum absolute atomic E-state index is 0.214. The fourth-order valence-corrected chi connectivity index (χ4v) is 2.53. The lowest BCUT2D eigenvalue weighted by atomic mass is 10.0. The number of aliphatic hydroxyl groups excluding tert-OH is 2. The molecule has 3 N–H and O–H groups in total. The molecular weight excluding hydrogens is 284 g/mol. The predicted octanol–water partition coefficient (Wildman–Crippen LogP) is 0.444. The second-order valence-corrected chi connectivity index (χ2v) is 5.35. The number of esters is 1. The van der Waals surface area contributed by atoms with Crippen LogP contribution in [0.15, 0.2) is 24.3 Å². The van der Waals surface area contributed by atoms with Crippen LogP contribution < -0.4 is 10.2 Å². The monoisotopic (exact) mass is 308 g/mol. The van der Waals surface area contributed by atoms with Gasteiger partial charge in [-0.15, -0.1) is 0 Å². The predicted molar refractivity (Wildman–Crippen MR) is 83.7 cm³/mol. The van der Waals surface area contributed by atoms with E-state index in [2.05, 4.69) is 10.2 Å². The molecule has 1 saturated heterocycles. The average molecular weight is 308 g/mol. The Bertz CT molecular complexity index is 472. The van der Waals surface area contributed by atoms with E-state index in [4.69, 9.17) is 4.74 Å². The lowest BCUT2D eigenvalue weighted by Crippen LogP contribution is -2.43. The van der Waals surface area contributed by atoms with Crippen molar-refractivity contribution < 1.29 is 19.7 Å². The number of anilines is 1. The Morgan fingerprint density at radius 3 is 2.50 bits per heavy atom. The van der Waals surface area contributed by atoms with E-state index in [1.54, 1.807) is 19.1 Å². The fourth-order valence-electron chi connectivity index (χ4n) is 2.53. The first-order chi connectivity index (χ1) is 10.6. The summed E-state index contributed by atoms with van der Waals surface area (Å²) >= 11 is 0. The molecule has 0 spiro atoms. The fraction of sp³-hybridized carbons (Fsp3) is 0.562. The highest BCUT2D eigenvalue weighted by atomic mass is 16.5. The van der Waals surface area contributed by atoms with Gasteiger partial charge in [-0.05, 0) is 24.6 Å².